The third-order valence-electron chi connectivity index (χ3n) is 5.63. The Morgan fingerprint density at radius 3 is 2.72 bits per heavy atom. The Balaban J connectivity index is 1.47. The maximum Gasteiger partial charge on any atom is 0.240 e. The smallest absolute Gasteiger partial charge is 0.240 e. The molecule has 25 heavy (non-hydrogen) atoms. The molecule has 4 rings (SSSR count). The molecule has 2 aliphatic rings. The van der Waals surface area contributed by atoms with Gasteiger partial charge in [0.1, 0.15) is 5.82 Å². The van der Waals surface area contributed by atoms with Gasteiger partial charge >= 0.3 is 0 Å². The van der Waals surface area contributed by atoms with Gasteiger partial charge in [-0.25, -0.2) is 4.98 Å². The van der Waals surface area contributed by atoms with Crippen molar-refractivity contribution in [2.24, 2.45) is 11.7 Å². The van der Waals surface area contributed by atoms with Crippen molar-refractivity contribution in [2.45, 2.75) is 51.1 Å². The van der Waals surface area contributed by atoms with Gasteiger partial charge in [-0.3, -0.25) is 4.79 Å². The number of hydrogen-bond acceptors (Lipinski definition) is 3. The van der Waals surface area contributed by atoms with Crippen molar-refractivity contribution in [3.63, 3.8) is 0 Å². The lowest BCUT2D eigenvalue weighted by atomic mass is 9.83. The number of H-pyrrole nitrogens is 1. The molecule has 0 saturated heterocycles. The van der Waals surface area contributed by atoms with Gasteiger partial charge in [0.05, 0.1) is 24.0 Å². The summed E-state index contributed by atoms with van der Waals surface area (Å²) in [5.41, 5.74) is 9.53. The number of imidazole rings is 1. The van der Waals surface area contributed by atoms with Gasteiger partial charge in [-0.2, -0.15) is 0 Å². The average molecular weight is 338 g/mol. The molecule has 1 fully saturated rings. The second kappa shape index (κ2) is 7.00. The first-order valence-electron chi connectivity index (χ1n) is 9.40. The maximum absolute atomic E-state index is 12.9. The zero-order valence-electron chi connectivity index (χ0n) is 14.6. The normalized spacial score (nSPS) is 19.5. The molecule has 0 spiro atoms. The molecule has 1 saturated carbocycles. The number of hydrogen-bond donors (Lipinski definition) is 2. The highest BCUT2D eigenvalue weighted by atomic mass is 16.2. The van der Waals surface area contributed by atoms with E-state index in [9.17, 15) is 4.79 Å². The standard InChI is InChI=1S/C20H26N4O/c21-18(14-7-3-1-4-8-14)20(25)24-12-11-16-17(13-24)23-19(22-16)15-9-5-2-6-10-15/h2,5-6,9-10,14,18H,1,3-4,7-8,11-13,21H2,(H,22,23). The van der Waals surface area contributed by atoms with Gasteiger partial charge in [-0.05, 0) is 18.8 Å². The SMILES string of the molecule is NC(C(=O)N1CCc2nc(-c3ccccc3)[nH]c2C1)C1CCCCC1. The quantitative estimate of drug-likeness (QED) is 0.903. The Hall–Kier alpha value is -2.14. The molecular weight excluding hydrogens is 312 g/mol. The van der Waals surface area contributed by atoms with E-state index in [1.165, 1.54) is 19.3 Å². The van der Waals surface area contributed by atoms with Gasteiger partial charge in [0.2, 0.25) is 5.91 Å². The summed E-state index contributed by atoms with van der Waals surface area (Å²) in [5, 5.41) is 0. The van der Waals surface area contributed by atoms with Gasteiger partial charge in [0, 0.05) is 18.5 Å². The summed E-state index contributed by atoms with van der Waals surface area (Å²) in [7, 11) is 0. The predicted octanol–water partition coefficient (Wildman–Crippen LogP) is 2.87. The molecule has 5 heteroatoms. The van der Waals surface area contributed by atoms with Crippen LogP contribution in [-0.4, -0.2) is 33.4 Å². The number of carbonyl (C=O) groups excluding carboxylic acids is 1. The van der Waals surface area contributed by atoms with Crippen LogP contribution in [0.5, 0.6) is 0 Å². The molecule has 2 heterocycles. The van der Waals surface area contributed by atoms with E-state index in [4.69, 9.17) is 10.7 Å². The number of benzene rings is 1. The number of fused-ring (bicyclic) bond motifs is 1. The minimum atomic E-state index is -0.349. The number of carbonyl (C=O) groups is 1. The highest BCUT2D eigenvalue weighted by Crippen LogP contribution is 2.28. The van der Waals surface area contributed by atoms with E-state index in [0.29, 0.717) is 19.0 Å². The summed E-state index contributed by atoms with van der Waals surface area (Å²) in [6.07, 6.45) is 6.67. The first kappa shape index (κ1) is 16.3. The zero-order valence-corrected chi connectivity index (χ0v) is 14.6. The van der Waals surface area contributed by atoms with Crippen LogP contribution in [0.25, 0.3) is 11.4 Å². The average Bonchev–Trinajstić information content (AvgIpc) is 3.11. The Labute approximate surface area is 148 Å². The van der Waals surface area contributed by atoms with Crippen LogP contribution >= 0.6 is 0 Å². The Bertz CT molecular complexity index is 733. The van der Waals surface area contributed by atoms with E-state index < -0.39 is 0 Å². The fraction of sp³-hybridized carbons (Fsp3) is 0.500. The summed E-state index contributed by atoms with van der Waals surface area (Å²) in [4.78, 5) is 22.9. The van der Waals surface area contributed by atoms with Gasteiger partial charge in [-0.15, -0.1) is 0 Å². The molecular formula is C20H26N4O. The summed E-state index contributed by atoms with van der Waals surface area (Å²) < 4.78 is 0. The van der Waals surface area contributed by atoms with E-state index in [1.807, 2.05) is 35.2 Å². The summed E-state index contributed by atoms with van der Waals surface area (Å²) >= 11 is 0. The van der Waals surface area contributed by atoms with Crippen molar-refractivity contribution < 1.29 is 4.79 Å². The molecule has 0 bridgehead atoms. The van der Waals surface area contributed by atoms with Crippen molar-refractivity contribution in [1.82, 2.24) is 14.9 Å². The number of nitrogens with zero attached hydrogens (tertiary/aromatic N) is 2. The van der Waals surface area contributed by atoms with E-state index in [-0.39, 0.29) is 11.9 Å². The Kier molecular flexibility index (Phi) is 4.57. The van der Waals surface area contributed by atoms with E-state index >= 15 is 0 Å². The molecule has 132 valence electrons. The Morgan fingerprint density at radius 1 is 1.20 bits per heavy atom. The molecule has 3 N–H and O–H groups in total. The van der Waals surface area contributed by atoms with Crippen molar-refractivity contribution >= 4 is 5.91 Å². The fourth-order valence-electron chi connectivity index (χ4n) is 4.12. The van der Waals surface area contributed by atoms with Crippen molar-refractivity contribution in [3.05, 3.63) is 41.7 Å². The topological polar surface area (TPSA) is 75.0 Å². The van der Waals surface area contributed by atoms with Crippen LogP contribution in [-0.2, 0) is 17.8 Å². The zero-order chi connectivity index (χ0) is 17.2. The number of nitrogens with one attached hydrogen (secondary N) is 1. The van der Waals surface area contributed by atoms with Crippen molar-refractivity contribution in [2.75, 3.05) is 6.54 Å². The number of nitrogens with two attached hydrogens (primary N) is 1. The van der Waals surface area contributed by atoms with Gasteiger partial charge in [0.25, 0.3) is 0 Å². The fourth-order valence-corrected chi connectivity index (χ4v) is 4.12. The van der Waals surface area contributed by atoms with E-state index in [0.717, 1.165) is 42.0 Å². The summed E-state index contributed by atoms with van der Waals surface area (Å²) in [5.74, 6) is 1.34. The molecule has 1 atom stereocenters. The minimum absolute atomic E-state index is 0.105. The van der Waals surface area contributed by atoms with Gasteiger partial charge < -0.3 is 15.6 Å². The van der Waals surface area contributed by atoms with E-state index in [1.54, 1.807) is 0 Å². The lowest BCUT2D eigenvalue weighted by molar-refractivity contribution is -0.135. The number of aromatic nitrogens is 2. The highest BCUT2D eigenvalue weighted by molar-refractivity contribution is 5.82. The molecule has 1 aromatic carbocycles. The molecule has 1 aliphatic carbocycles. The molecule has 2 aromatic rings. The number of amides is 1. The van der Waals surface area contributed by atoms with Crippen LogP contribution in [0.3, 0.4) is 0 Å². The number of rotatable bonds is 3. The molecule has 1 unspecified atom stereocenters. The molecule has 1 amide bonds. The van der Waals surface area contributed by atoms with Gasteiger partial charge in [0.15, 0.2) is 0 Å². The van der Waals surface area contributed by atoms with Crippen LogP contribution in [0.15, 0.2) is 30.3 Å². The second-order valence-corrected chi connectivity index (χ2v) is 7.31. The van der Waals surface area contributed by atoms with Crippen LogP contribution in [0.2, 0.25) is 0 Å². The first-order valence-corrected chi connectivity index (χ1v) is 9.40. The van der Waals surface area contributed by atoms with Crippen LogP contribution in [0, 0.1) is 5.92 Å². The predicted molar refractivity (Wildman–Crippen MR) is 97.7 cm³/mol. The maximum atomic E-state index is 12.9. The Morgan fingerprint density at radius 2 is 1.96 bits per heavy atom. The first-order chi connectivity index (χ1) is 12.2. The largest absolute Gasteiger partial charge is 0.340 e. The van der Waals surface area contributed by atoms with Crippen molar-refractivity contribution in [3.8, 4) is 11.4 Å². The lowest BCUT2D eigenvalue weighted by Crippen LogP contribution is -2.49. The monoisotopic (exact) mass is 338 g/mol. The van der Waals surface area contributed by atoms with Crippen LogP contribution in [0.1, 0.15) is 43.5 Å². The molecule has 1 aromatic heterocycles. The minimum Gasteiger partial charge on any atom is -0.340 e. The van der Waals surface area contributed by atoms with Crippen LogP contribution in [0.4, 0.5) is 0 Å². The van der Waals surface area contributed by atoms with Crippen LogP contribution < -0.4 is 5.73 Å². The third-order valence-corrected chi connectivity index (χ3v) is 5.63. The summed E-state index contributed by atoms with van der Waals surface area (Å²) in [6.45, 7) is 1.31. The lowest BCUT2D eigenvalue weighted by Gasteiger charge is -2.33. The third kappa shape index (κ3) is 3.33. The summed E-state index contributed by atoms with van der Waals surface area (Å²) in [6, 6.07) is 9.77. The molecule has 5 nitrogen and oxygen atoms in total. The number of aromatic amines is 1. The second-order valence-electron chi connectivity index (χ2n) is 7.31. The molecule has 0 radical (unpaired) electrons. The van der Waals surface area contributed by atoms with Gasteiger partial charge in [-0.1, -0.05) is 49.6 Å². The molecule has 1 aliphatic heterocycles. The van der Waals surface area contributed by atoms with E-state index in [2.05, 4.69) is 4.98 Å². The highest BCUT2D eigenvalue weighted by Gasteiger charge is 2.32. The van der Waals surface area contributed by atoms with Crippen molar-refractivity contribution in [1.29, 1.82) is 0 Å².